The summed E-state index contributed by atoms with van der Waals surface area (Å²) < 4.78 is 3.77. The van der Waals surface area contributed by atoms with E-state index in [1.165, 1.54) is 27.6 Å². The van der Waals surface area contributed by atoms with Crippen LogP contribution in [0.4, 0.5) is 0 Å². The summed E-state index contributed by atoms with van der Waals surface area (Å²) in [7, 11) is -1.67. The maximum Gasteiger partial charge on any atom is 0.161 e. The maximum absolute atomic E-state index is 3.67. The smallest absolute Gasteiger partial charge is 0.161 e. The summed E-state index contributed by atoms with van der Waals surface area (Å²) >= 11 is 3.67. The van der Waals surface area contributed by atoms with Gasteiger partial charge in [-0.2, -0.15) is 0 Å². The third-order valence-corrected chi connectivity index (χ3v) is 11.9. The predicted molar refractivity (Wildman–Crippen MR) is 121 cm³/mol. The van der Waals surface area contributed by atoms with Crippen molar-refractivity contribution in [1.82, 2.24) is 4.23 Å². The normalized spacial score (nSPS) is 12.7. The van der Waals surface area contributed by atoms with E-state index in [1.807, 2.05) is 0 Å². The Balaban J connectivity index is 2.12. The lowest BCUT2D eigenvalue weighted by atomic mass is 10.0. The van der Waals surface area contributed by atoms with Gasteiger partial charge in [-0.15, -0.1) is 0 Å². The second-order valence-corrected chi connectivity index (χ2v) is 14.9. The van der Waals surface area contributed by atoms with E-state index in [2.05, 4.69) is 110 Å². The summed E-state index contributed by atoms with van der Waals surface area (Å²) in [4.78, 5) is 0. The van der Waals surface area contributed by atoms with Gasteiger partial charge in [-0.1, -0.05) is 81.0 Å². The quantitative estimate of drug-likeness (QED) is 0.381. The van der Waals surface area contributed by atoms with Crippen LogP contribution in [-0.4, -0.2) is 12.5 Å². The first-order chi connectivity index (χ1) is 12.1. The molecule has 0 saturated heterocycles. The van der Waals surface area contributed by atoms with Crippen LogP contribution < -0.4 is 0 Å². The van der Waals surface area contributed by atoms with Crippen molar-refractivity contribution in [2.24, 2.45) is 0 Å². The third kappa shape index (κ3) is 3.56. The standard InChI is InChI=1S/C23H30BrNSi/c1-7-17-8-10-18(11-9-17)14-19-16-25(26(5,6)23(2,3)4)22-13-12-20(24)15-21(19)22/h8-13,15-16H,7,14H2,1-6H3. The number of halogens is 1. The van der Waals surface area contributed by atoms with Crippen molar-refractivity contribution >= 4 is 35.1 Å². The number of nitrogens with zero attached hydrogens (tertiary/aromatic N) is 1. The molecule has 0 aliphatic carbocycles. The third-order valence-electron chi connectivity index (χ3n) is 6.11. The van der Waals surface area contributed by atoms with Crippen LogP contribution in [0.5, 0.6) is 0 Å². The highest BCUT2D eigenvalue weighted by Gasteiger charge is 2.38. The minimum absolute atomic E-state index is 0.298. The molecule has 0 atom stereocenters. The number of hydrogen-bond donors (Lipinski definition) is 0. The molecule has 0 bridgehead atoms. The minimum Gasteiger partial charge on any atom is -0.374 e. The van der Waals surface area contributed by atoms with E-state index in [-0.39, 0.29) is 0 Å². The molecule has 0 unspecified atom stereocenters. The van der Waals surface area contributed by atoms with E-state index in [9.17, 15) is 0 Å². The molecular weight excluding hydrogens is 398 g/mol. The molecule has 0 aliphatic heterocycles. The zero-order chi connectivity index (χ0) is 19.1. The molecule has 0 spiro atoms. The summed E-state index contributed by atoms with van der Waals surface area (Å²) in [5, 5.41) is 1.68. The molecule has 138 valence electrons. The molecule has 0 amide bonds. The molecule has 0 saturated carbocycles. The highest BCUT2D eigenvalue weighted by atomic mass is 79.9. The van der Waals surface area contributed by atoms with Crippen LogP contribution in [0.1, 0.15) is 44.4 Å². The largest absolute Gasteiger partial charge is 0.374 e. The van der Waals surface area contributed by atoms with E-state index in [4.69, 9.17) is 0 Å². The van der Waals surface area contributed by atoms with E-state index in [1.54, 1.807) is 0 Å². The Morgan fingerprint density at radius 3 is 2.15 bits per heavy atom. The fourth-order valence-corrected chi connectivity index (χ4v) is 5.71. The minimum atomic E-state index is -1.67. The highest BCUT2D eigenvalue weighted by molar-refractivity contribution is 9.10. The van der Waals surface area contributed by atoms with Crippen molar-refractivity contribution in [2.75, 3.05) is 0 Å². The van der Waals surface area contributed by atoms with Gasteiger partial charge in [0.2, 0.25) is 0 Å². The molecule has 0 aliphatic rings. The molecule has 1 nitrogen and oxygen atoms in total. The molecule has 3 aromatic rings. The van der Waals surface area contributed by atoms with Gasteiger partial charge in [0.1, 0.15) is 0 Å². The Morgan fingerprint density at radius 1 is 0.962 bits per heavy atom. The van der Waals surface area contributed by atoms with Gasteiger partial charge in [-0.05, 0) is 59.0 Å². The first kappa shape index (κ1) is 19.4. The van der Waals surface area contributed by atoms with Crippen molar-refractivity contribution in [3.05, 3.63) is 69.8 Å². The van der Waals surface area contributed by atoms with Crippen LogP contribution in [0, 0.1) is 0 Å². The van der Waals surface area contributed by atoms with E-state index in [0.717, 1.165) is 17.3 Å². The van der Waals surface area contributed by atoms with Crippen LogP contribution in [-0.2, 0) is 12.8 Å². The summed E-state index contributed by atoms with van der Waals surface area (Å²) in [6, 6.07) is 15.8. The summed E-state index contributed by atoms with van der Waals surface area (Å²) in [6.07, 6.45) is 4.51. The molecule has 0 radical (unpaired) electrons. The topological polar surface area (TPSA) is 4.93 Å². The van der Waals surface area contributed by atoms with Gasteiger partial charge >= 0.3 is 0 Å². The monoisotopic (exact) mass is 427 g/mol. The number of fused-ring (bicyclic) bond motifs is 1. The molecule has 1 aromatic heterocycles. The maximum atomic E-state index is 3.67. The second kappa shape index (κ2) is 7.01. The summed E-state index contributed by atoms with van der Waals surface area (Å²) in [6.45, 7) is 14.3. The van der Waals surface area contributed by atoms with Gasteiger partial charge in [-0.25, -0.2) is 0 Å². The van der Waals surface area contributed by atoms with E-state index in [0.29, 0.717) is 5.04 Å². The average Bonchev–Trinajstić information content (AvgIpc) is 2.93. The molecule has 1 heterocycles. The number of hydrogen-bond acceptors (Lipinski definition) is 0. The van der Waals surface area contributed by atoms with Gasteiger partial charge in [0, 0.05) is 15.4 Å². The predicted octanol–water partition coefficient (Wildman–Crippen LogP) is 7.41. The fourth-order valence-electron chi connectivity index (χ4n) is 3.35. The first-order valence-corrected chi connectivity index (χ1v) is 13.3. The lowest BCUT2D eigenvalue weighted by Gasteiger charge is -2.38. The summed E-state index contributed by atoms with van der Waals surface area (Å²) in [5.41, 5.74) is 5.59. The molecule has 3 heteroatoms. The number of aromatic nitrogens is 1. The Kier molecular flexibility index (Phi) is 5.24. The first-order valence-electron chi connectivity index (χ1n) is 9.51. The zero-order valence-corrected chi connectivity index (χ0v) is 19.4. The average molecular weight is 428 g/mol. The Hall–Kier alpha value is -1.32. The molecule has 2 aromatic carbocycles. The molecule has 0 N–H and O–H groups in total. The number of benzene rings is 2. The fraction of sp³-hybridized carbons (Fsp3) is 0.391. The van der Waals surface area contributed by atoms with Crippen LogP contribution in [0.3, 0.4) is 0 Å². The molecule has 3 rings (SSSR count). The van der Waals surface area contributed by atoms with Gasteiger partial charge in [-0.3, -0.25) is 0 Å². The van der Waals surface area contributed by atoms with Crippen molar-refractivity contribution < 1.29 is 0 Å². The second-order valence-electron chi connectivity index (χ2n) is 8.84. The highest BCUT2D eigenvalue weighted by Crippen LogP contribution is 2.40. The van der Waals surface area contributed by atoms with Crippen molar-refractivity contribution in [2.45, 2.75) is 58.7 Å². The zero-order valence-electron chi connectivity index (χ0n) is 16.9. The molecule has 26 heavy (non-hydrogen) atoms. The lowest BCUT2D eigenvalue weighted by Crippen LogP contribution is -2.44. The van der Waals surface area contributed by atoms with Gasteiger partial charge < -0.3 is 4.23 Å². The van der Waals surface area contributed by atoms with Crippen LogP contribution in [0.15, 0.2) is 53.1 Å². The Labute approximate surface area is 167 Å². The van der Waals surface area contributed by atoms with E-state index >= 15 is 0 Å². The molecule has 0 fully saturated rings. The van der Waals surface area contributed by atoms with Crippen molar-refractivity contribution in [1.29, 1.82) is 0 Å². The number of rotatable bonds is 4. The van der Waals surface area contributed by atoms with Crippen molar-refractivity contribution in [3.63, 3.8) is 0 Å². The summed E-state index contributed by atoms with van der Waals surface area (Å²) in [5.74, 6) is 0. The van der Waals surface area contributed by atoms with Crippen molar-refractivity contribution in [3.8, 4) is 0 Å². The van der Waals surface area contributed by atoms with Gasteiger partial charge in [0.15, 0.2) is 8.24 Å². The Morgan fingerprint density at radius 2 is 1.58 bits per heavy atom. The molecular formula is C23H30BrNSi. The van der Waals surface area contributed by atoms with Gasteiger partial charge in [0.25, 0.3) is 0 Å². The number of aryl methyl sites for hydroxylation is 1. The van der Waals surface area contributed by atoms with Crippen LogP contribution in [0.25, 0.3) is 10.9 Å². The SMILES string of the molecule is CCc1ccc(Cc2cn([Si](C)(C)C(C)(C)C)c3ccc(Br)cc23)cc1. The van der Waals surface area contributed by atoms with E-state index < -0.39 is 8.24 Å². The van der Waals surface area contributed by atoms with Gasteiger partial charge in [0.05, 0.1) is 0 Å². The van der Waals surface area contributed by atoms with Crippen LogP contribution >= 0.6 is 15.9 Å². The lowest BCUT2D eigenvalue weighted by molar-refractivity contribution is 0.702. The Bertz CT molecular complexity index is 914. The van der Waals surface area contributed by atoms with Crippen LogP contribution in [0.2, 0.25) is 18.1 Å².